The van der Waals surface area contributed by atoms with Crippen molar-refractivity contribution in [2.24, 2.45) is 0 Å². The largest absolute Gasteiger partial charge is 0.490 e. The highest BCUT2D eigenvalue weighted by atomic mass is 16.5. The number of likely N-dealkylation sites (tertiary alicyclic amines) is 1. The molecule has 0 amide bonds. The molecule has 8 nitrogen and oxygen atoms in total. The van der Waals surface area contributed by atoms with Crippen LogP contribution < -0.4 is 10.3 Å². The summed E-state index contributed by atoms with van der Waals surface area (Å²) in [6, 6.07) is 11.6. The van der Waals surface area contributed by atoms with Gasteiger partial charge >= 0.3 is 0 Å². The highest BCUT2D eigenvalue weighted by Gasteiger charge is 2.19. The smallest absolute Gasteiger partial charge is 0.259 e. The fraction of sp³-hybridized carbons (Fsp3) is 0.240. The van der Waals surface area contributed by atoms with Crippen LogP contribution in [0, 0.1) is 0 Å². The number of pyridine rings is 2. The van der Waals surface area contributed by atoms with E-state index in [1.807, 2.05) is 42.6 Å². The summed E-state index contributed by atoms with van der Waals surface area (Å²) in [6.07, 6.45) is 7.61. The minimum Gasteiger partial charge on any atom is -0.490 e. The number of nitrogens with zero attached hydrogens (tertiary/aromatic N) is 3. The van der Waals surface area contributed by atoms with Gasteiger partial charge in [0.05, 0.1) is 16.6 Å². The van der Waals surface area contributed by atoms with Crippen molar-refractivity contribution in [2.75, 3.05) is 20.1 Å². The molecule has 1 aliphatic heterocycles. The molecular weight excluding hydrogens is 416 g/mol. The van der Waals surface area contributed by atoms with Gasteiger partial charge in [-0.05, 0) is 61.3 Å². The van der Waals surface area contributed by atoms with E-state index in [-0.39, 0.29) is 11.7 Å². The summed E-state index contributed by atoms with van der Waals surface area (Å²) in [7, 11) is 2.14. The topological polar surface area (TPSA) is 103 Å². The minimum absolute atomic E-state index is 0.194. The number of hydrogen-bond acceptors (Lipinski definition) is 5. The van der Waals surface area contributed by atoms with Crippen LogP contribution in [0.3, 0.4) is 0 Å². The molecule has 0 spiro atoms. The molecule has 0 aliphatic carbocycles. The first-order valence-electron chi connectivity index (χ1n) is 11.1. The minimum atomic E-state index is -0.194. The molecule has 0 saturated carbocycles. The van der Waals surface area contributed by atoms with Crippen molar-refractivity contribution in [3.8, 4) is 28.3 Å². The molecule has 33 heavy (non-hydrogen) atoms. The maximum atomic E-state index is 12.7. The Hall–Kier alpha value is -3.91. The highest BCUT2D eigenvalue weighted by molar-refractivity contribution is 5.93. The van der Waals surface area contributed by atoms with E-state index in [1.165, 1.54) is 0 Å². The van der Waals surface area contributed by atoms with E-state index in [2.05, 4.69) is 36.9 Å². The van der Waals surface area contributed by atoms with E-state index >= 15 is 0 Å². The Labute approximate surface area is 189 Å². The molecule has 1 aliphatic rings. The molecule has 0 bridgehead atoms. The summed E-state index contributed by atoms with van der Waals surface area (Å²) < 4.78 is 6.21. The average molecular weight is 441 g/mol. The second-order valence-electron chi connectivity index (χ2n) is 8.61. The van der Waals surface area contributed by atoms with Gasteiger partial charge in [0, 0.05) is 43.1 Å². The normalized spacial score (nSPS) is 15.4. The van der Waals surface area contributed by atoms with E-state index in [1.54, 1.807) is 12.4 Å². The van der Waals surface area contributed by atoms with E-state index in [9.17, 15) is 4.79 Å². The molecule has 1 fully saturated rings. The molecule has 1 aromatic carbocycles. The summed E-state index contributed by atoms with van der Waals surface area (Å²) >= 11 is 0. The quantitative estimate of drug-likeness (QED) is 0.393. The van der Waals surface area contributed by atoms with Gasteiger partial charge in [-0.15, -0.1) is 0 Å². The van der Waals surface area contributed by atoms with Crippen LogP contribution in [0.1, 0.15) is 12.8 Å². The predicted octanol–water partition coefficient (Wildman–Crippen LogP) is 3.93. The highest BCUT2D eigenvalue weighted by Crippen LogP contribution is 2.29. The zero-order chi connectivity index (χ0) is 22.4. The van der Waals surface area contributed by atoms with Gasteiger partial charge in [-0.1, -0.05) is 0 Å². The lowest BCUT2D eigenvalue weighted by Gasteiger charge is -2.29. The number of hydrogen-bond donors (Lipinski definition) is 3. The molecule has 3 N–H and O–H groups in total. The van der Waals surface area contributed by atoms with E-state index in [0.29, 0.717) is 11.4 Å². The average Bonchev–Trinajstić information content (AvgIpc) is 3.47. The third kappa shape index (κ3) is 3.68. The third-order valence-electron chi connectivity index (χ3n) is 6.35. The SMILES string of the molecule is CN1CCC(Oc2ccc3nc(-c4cc(-c5ccnc6[nH]ccc56)c[nH]c4=O)[nH]c3c2)CC1. The molecular formula is C25H24N6O2. The zero-order valence-electron chi connectivity index (χ0n) is 18.3. The monoisotopic (exact) mass is 440 g/mol. The van der Waals surface area contributed by atoms with Gasteiger partial charge in [0.15, 0.2) is 0 Å². The number of nitrogens with one attached hydrogen (secondary N) is 3. The van der Waals surface area contributed by atoms with Crippen molar-refractivity contribution in [3.63, 3.8) is 0 Å². The Bertz CT molecular complexity index is 1510. The number of aromatic nitrogens is 5. The Balaban J connectivity index is 1.34. The zero-order valence-corrected chi connectivity index (χ0v) is 18.3. The number of rotatable bonds is 4. The van der Waals surface area contributed by atoms with E-state index in [4.69, 9.17) is 4.74 Å². The van der Waals surface area contributed by atoms with Crippen LogP contribution in [0.5, 0.6) is 5.75 Å². The maximum Gasteiger partial charge on any atom is 0.259 e. The lowest BCUT2D eigenvalue weighted by atomic mass is 10.0. The van der Waals surface area contributed by atoms with Crippen LogP contribution in [-0.4, -0.2) is 56.1 Å². The van der Waals surface area contributed by atoms with Crippen LogP contribution in [0.4, 0.5) is 0 Å². The van der Waals surface area contributed by atoms with Crippen molar-refractivity contribution in [3.05, 3.63) is 65.3 Å². The number of H-pyrrole nitrogens is 3. The summed E-state index contributed by atoms with van der Waals surface area (Å²) in [5, 5.41) is 0.996. The standard InChI is InChI=1S/C25H24N6O2/c1-31-10-6-16(7-11-31)33-17-2-3-21-22(13-17)30-24(29-21)20-12-15(14-28-25(20)32)18-4-8-26-23-19(18)5-9-27-23/h2-5,8-9,12-14,16H,6-7,10-11H2,1H3,(H,26,27)(H,28,32)(H,29,30). The third-order valence-corrected chi connectivity index (χ3v) is 6.35. The first-order chi connectivity index (χ1) is 16.1. The molecule has 6 rings (SSSR count). The maximum absolute atomic E-state index is 12.7. The Morgan fingerprint density at radius 1 is 1.06 bits per heavy atom. The fourth-order valence-electron chi connectivity index (χ4n) is 4.51. The van der Waals surface area contributed by atoms with Gasteiger partial charge in [-0.3, -0.25) is 4.79 Å². The van der Waals surface area contributed by atoms with Gasteiger partial charge < -0.3 is 24.6 Å². The molecule has 5 aromatic rings. The van der Waals surface area contributed by atoms with Crippen molar-refractivity contribution in [1.29, 1.82) is 0 Å². The number of ether oxygens (including phenoxy) is 1. The Kier molecular flexibility index (Phi) is 4.73. The fourth-order valence-corrected chi connectivity index (χ4v) is 4.51. The predicted molar refractivity (Wildman–Crippen MR) is 128 cm³/mol. The number of piperidine rings is 1. The number of benzene rings is 1. The second-order valence-corrected chi connectivity index (χ2v) is 8.61. The molecule has 0 atom stereocenters. The summed E-state index contributed by atoms with van der Waals surface area (Å²) in [6.45, 7) is 2.10. The molecule has 0 radical (unpaired) electrons. The molecule has 0 unspecified atom stereocenters. The first-order valence-corrected chi connectivity index (χ1v) is 11.1. The van der Waals surface area contributed by atoms with Crippen LogP contribution in [-0.2, 0) is 0 Å². The molecule has 5 heterocycles. The number of fused-ring (bicyclic) bond motifs is 2. The van der Waals surface area contributed by atoms with Gasteiger partial charge in [-0.2, -0.15) is 0 Å². The van der Waals surface area contributed by atoms with Crippen LogP contribution >= 0.6 is 0 Å². The lowest BCUT2D eigenvalue weighted by molar-refractivity contribution is 0.114. The van der Waals surface area contributed by atoms with Gasteiger partial charge in [0.25, 0.3) is 5.56 Å². The Morgan fingerprint density at radius 2 is 1.94 bits per heavy atom. The van der Waals surface area contributed by atoms with Gasteiger partial charge in [0.1, 0.15) is 23.3 Å². The lowest BCUT2D eigenvalue weighted by Crippen LogP contribution is -2.35. The van der Waals surface area contributed by atoms with E-state index in [0.717, 1.165) is 64.9 Å². The summed E-state index contributed by atoms with van der Waals surface area (Å²) in [4.78, 5) is 33.3. The molecule has 8 heteroatoms. The van der Waals surface area contributed by atoms with Crippen molar-refractivity contribution in [1.82, 2.24) is 29.8 Å². The van der Waals surface area contributed by atoms with Crippen molar-refractivity contribution < 1.29 is 4.74 Å². The summed E-state index contributed by atoms with van der Waals surface area (Å²) in [5.74, 6) is 1.35. The van der Waals surface area contributed by atoms with Crippen molar-refractivity contribution >= 4 is 22.1 Å². The van der Waals surface area contributed by atoms with Crippen LogP contribution in [0.15, 0.2) is 59.8 Å². The van der Waals surface area contributed by atoms with Crippen LogP contribution in [0.2, 0.25) is 0 Å². The number of imidazole rings is 1. The number of aromatic amines is 3. The Morgan fingerprint density at radius 3 is 2.82 bits per heavy atom. The van der Waals surface area contributed by atoms with Gasteiger partial charge in [-0.25, -0.2) is 9.97 Å². The molecule has 166 valence electrons. The van der Waals surface area contributed by atoms with Gasteiger partial charge in [0.2, 0.25) is 0 Å². The van der Waals surface area contributed by atoms with Crippen LogP contribution in [0.25, 0.3) is 44.6 Å². The first kappa shape index (κ1) is 19.8. The summed E-state index contributed by atoms with van der Waals surface area (Å²) in [5.41, 5.74) is 4.62. The molecule has 1 saturated heterocycles. The molecule has 4 aromatic heterocycles. The van der Waals surface area contributed by atoms with Crippen molar-refractivity contribution in [2.45, 2.75) is 18.9 Å². The second kappa shape index (κ2) is 7.90. The van der Waals surface area contributed by atoms with E-state index < -0.39 is 0 Å².